The van der Waals surface area contributed by atoms with Crippen LogP contribution in [0.4, 0.5) is 5.69 Å². The number of hydrogen-bond acceptors (Lipinski definition) is 4. The number of amides is 3. The first-order valence-electron chi connectivity index (χ1n) is 9.67. The van der Waals surface area contributed by atoms with Crippen molar-refractivity contribution < 1.29 is 14.4 Å². The van der Waals surface area contributed by atoms with E-state index < -0.39 is 0 Å². The van der Waals surface area contributed by atoms with E-state index in [2.05, 4.69) is 43.4 Å². The average molecular weight is 469 g/mol. The molecule has 0 aliphatic heterocycles. The third-order valence-corrected chi connectivity index (χ3v) is 6.17. The number of carbonyl (C=O) groups is 3. The van der Waals surface area contributed by atoms with E-state index in [4.69, 9.17) is 0 Å². The SMILES string of the molecule is C=CC(=O)N[C@H]1CC2(NC(=O)c3ccc(NC(=O)c4cccc(Br)n4)cc3)CC1C2. The van der Waals surface area contributed by atoms with Gasteiger partial charge in [-0.05, 0) is 83.6 Å². The summed E-state index contributed by atoms with van der Waals surface area (Å²) in [7, 11) is 0. The highest BCUT2D eigenvalue weighted by Crippen LogP contribution is 2.52. The summed E-state index contributed by atoms with van der Waals surface area (Å²) in [4.78, 5) is 40.6. The van der Waals surface area contributed by atoms with Gasteiger partial charge in [-0.2, -0.15) is 0 Å². The number of rotatable bonds is 6. The minimum absolute atomic E-state index is 0.0834. The van der Waals surface area contributed by atoms with Crippen molar-refractivity contribution >= 4 is 39.3 Å². The van der Waals surface area contributed by atoms with Gasteiger partial charge in [0.2, 0.25) is 5.91 Å². The average Bonchev–Trinajstić information content (AvgIpc) is 3.21. The van der Waals surface area contributed by atoms with Gasteiger partial charge in [-0.15, -0.1) is 0 Å². The summed E-state index contributed by atoms with van der Waals surface area (Å²) in [6.07, 6.45) is 3.74. The number of anilines is 1. The third kappa shape index (κ3) is 4.14. The molecule has 0 unspecified atom stereocenters. The van der Waals surface area contributed by atoms with E-state index in [9.17, 15) is 14.4 Å². The maximum absolute atomic E-state index is 12.7. The van der Waals surface area contributed by atoms with Crippen molar-refractivity contribution in [1.29, 1.82) is 0 Å². The number of pyridine rings is 1. The minimum Gasteiger partial charge on any atom is -0.349 e. The Morgan fingerprint density at radius 2 is 1.80 bits per heavy atom. The summed E-state index contributed by atoms with van der Waals surface area (Å²) < 4.78 is 0.581. The van der Waals surface area contributed by atoms with Crippen molar-refractivity contribution in [3.8, 4) is 0 Å². The van der Waals surface area contributed by atoms with Crippen LogP contribution in [0.5, 0.6) is 0 Å². The van der Waals surface area contributed by atoms with Crippen LogP contribution in [0.15, 0.2) is 59.7 Å². The van der Waals surface area contributed by atoms with E-state index in [1.807, 2.05) is 0 Å². The number of hydrogen-bond donors (Lipinski definition) is 3. The lowest BCUT2D eigenvalue weighted by Gasteiger charge is -2.39. The van der Waals surface area contributed by atoms with Gasteiger partial charge in [0.1, 0.15) is 10.3 Å². The third-order valence-electron chi connectivity index (χ3n) is 5.73. The molecule has 1 heterocycles. The van der Waals surface area contributed by atoms with E-state index in [1.54, 1.807) is 42.5 Å². The Labute approximate surface area is 182 Å². The molecule has 8 heteroatoms. The van der Waals surface area contributed by atoms with Gasteiger partial charge in [0.05, 0.1) is 0 Å². The molecule has 3 aliphatic carbocycles. The van der Waals surface area contributed by atoms with Crippen LogP contribution in [0.1, 0.15) is 40.1 Å². The van der Waals surface area contributed by atoms with Crippen LogP contribution in [0.2, 0.25) is 0 Å². The fourth-order valence-corrected chi connectivity index (χ4v) is 4.64. The van der Waals surface area contributed by atoms with Gasteiger partial charge in [0.25, 0.3) is 11.8 Å². The van der Waals surface area contributed by atoms with E-state index in [0.29, 0.717) is 27.5 Å². The van der Waals surface area contributed by atoms with Crippen LogP contribution in [-0.4, -0.2) is 34.3 Å². The summed E-state index contributed by atoms with van der Waals surface area (Å²) in [6.45, 7) is 3.48. The Balaban J connectivity index is 1.34. The molecule has 30 heavy (non-hydrogen) atoms. The number of nitrogens with one attached hydrogen (secondary N) is 3. The minimum atomic E-state index is -0.327. The Bertz CT molecular complexity index is 1020. The molecule has 154 valence electrons. The van der Waals surface area contributed by atoms with E-state index >= 15 is 0 Å². The molecule has 7 nitrogen and oxygen atoms in total. The molecule has 0 saturated heterocycles. The number of nitrogens with zero attached hydrogens (tertiary/aromatic N) is 1. The summed E-state index contributed by atoms with van der Waals surface area (Å²) in [6, 6.07) is 11.9. The van der Waals surface area contributed by atoms with Gasteiger partial charge in [0.15, 0.2) is 0 Å². The molecule has 2 bridgehead atoms. The van der Waals surface area contributed by atoms with Gasteiger partial charge in [-0.1, -0.05) is 12.6 Å². The van der Waals surface area contributed by atoms with Gasteiger partial charge in [-0.3, -0.25) is 14.4 Å². The lowest BCUT2D eigenvalue weighted by Crippen LogP contribution is -2.51. The van der Waals surface area contributed by atoms with Crippen molar-refractivity contribution in [2.75, 3.05) is 5.32 Å². The highest BCUT2D eigenvalue weighted by atomic mass is 79.9. The molecule has 0 spiro atoms. The van der Waals surface area contributed by atoms with Crippen LogP contribution in [0.25, 0.3) is 0 Å². The molecule has 1 aromatic heterocycles. The molecule has 3 saturated carbocycles. The topological polar surface area (TPSA) is 100 Å². The van der Waals surface area contributed by atoms with Crippen LogP contribution in [0, 0.1) is 5.92 Å². The number of halogens is 1. The molecule has 1 atom stereocenters. The Morgan fingerprint density at radius 1 is 1.07 bits per heavy atom. The summed E-state index contributed by atoms with van der Waals surface area (Å²) in [5.74, 6) is -0.259. The summed E-state index contributed by atoms with van der Waals surface area (Å²) >= 11 is 3.24. The zero-order valence-corrected chi connectivity index (χ0v) is 17.7. The van der Waals surface area contributed by atoms with Crippen molar-refractivity contribution in [2.24, 2.45) is 5.92 Å². The van der Waals surface area contributed by atoms with Crippen LogP contribution in [0.3, 0.4) is 0 Å². The Hall–Kier alpha value is -3.00. The monoisotopic (exact) mass is 468 g/mol. The first kappa shape index (κ1) is 20.3. The predicted molar refractivity (Wildman–Crippen MR) is 116 cm³/mol. The zero-order valence-electron chi connectivity index (χ0n) is 16.2. The molecule has 3 N–H and O–H groups in total. The van der Waals surface area contributed by atoms with Gasteiger partial charge < -0.3 is 16.0 Å². The maximum Gasteiger partial charge on any atom is 0.274 e. The highest BCUT2D eigenvalue weighted by molar-refractivity contribution is 9.10. The number of carbonyl (C=O) groups excluding carboxylic acids is 3. The van der Waals surface area contributed by atoms with E-state index in [-0.39, 0.29) is 29.3 Å². The molecule has 3 fully saturated rings. The lowest BCUT2D eigenvalue weighted by molar-refractivity contribution is -0.117. The Morgan fingerprint density at radius 3 is 2.47 bits per heavy atom. The summed E-state index contributed by atoms with van der Waals surface area (Å²) in [5.41, 5.74) is 1.14. The molecule has 2 aromatic rings. The molecule has 3 aliphatic rings. The lowest BCUT2D eigenvalue weighted by atomic mass is 9.76. The second-order valence-corrected chi connectivity index (χ2v) is 8.62. The van der Waals surface area contributed by atoms with Crippen LogP contribution < -0.4 is 16.0 Å². The molecule has 5 rings (SSSR count). The van der Waals surface area contributed by atoms with Gasteiger partial charge >= 0.3 is 0 Å². The van der Waals surface area contributed by atoms with Crippen molar-refractivity contribution in [2.45, 2.75) is 30.8 Å². The highest BCUT2D eigenvalue weighted by Gasteiger charge is 2.57. The first-order chi connectivity index (χ1) is 14.4. The van der Waals surface area contributed by atoms with Crippen molar-refractivity contribution in [1.82, 2.24) is 15.6 Å². The summed E-state index contributed by atoms with van der Waals surface area (Å²) in [5, 5.41) is 8.84. The number of benzene rings is 1. The quantitative estimate of drug-likeness (QED) is 0.447. The molecule has 1 aromatic carbocycles. The second-order valence-electron chi connectivity index (χ2n) is 7.80. The van der Waals surface area contributed by atoms with Crippen LogP contribution >= 0.6 is 15.9 Å². The largest absolute Gasteiger partial charge is 0.349 e. The van der Waals surface area contributed by atoms with E-state index in [1.165, 1.54) is 6.08 Å². The normalized spacial score (nSPS) is 23.8. The van der Waals surface area contributed by atoms with E-state index in [0.717, 1.165) is 19.3 Å². The first-order valence-corrected chi connectivity index (χ1v) is 10.5. The smallest absolute Gasteiger partial charge is 0.274 e. The van der Waals surface area contributed by atoms with Crippen molar-refractivity contribution in [3.05, 3.63) is 71.0 Å². The zero-order chi connectivity index (χ0) is 21.3. The molecular formula is C22H21BrN4O3. The van der Waals surface area contributed by atoms with Crippen molar-refractivity contribution in [3.63, 3.8) is 0 Å². The van der Waals surface area contributed by atoms with Gasteiger partial charge in [0, 0.05) is 22.8 Å². The fourth-order valence-electron chi connectivity index (χ4n) is 4.29. The van der Waals surface area contributed by atoms with Gasteiger partial charge in [-0.25, -0.2) is 4.98 Å². The number of fused-ring (bicyclic) bond motifs is 1. The number of aromatic nitrogens is 1. The standard InChI is InChI=1S/C22H21BrN4O3/c1-2-19(28)26-17-12-22(10-14(17)11-22)27-20(29)13-6-8-15(9-7-13)24-21(30)16-4-3-5-18(23)25-16/h2-9,14,17H,1,10-12H2,(H,24,30)(H,26,28)(H,27,29)/t14?,17-,22?/m0/s1. The predicted octanol–water partition coefficient (Wildman–Crippen LogP) is 3.05. The maximum atomic E-state index is 12.7. The molecular weight excluding hydrogens is 448 g/mol. The Kier molecular flexibility index (Phi) is 5.42. The second kappa shape index (κ2) is 8.02. The van der Waals surface area contributed by atoms with Crippen LogP contribution in [-0.2, 0) is 4.79 Å². The molecule has 3 amide bonds. The fraction of sp³-hybridized carbons (Fsp3) is 0.273. The molecule has 0 radical (unpaired) electrons.